The predicted molar refractivity (Wildman–Crippen MR) is 96.3 cm³/mol. The van der Waals surface area contributed by atoms with Crippen molar-refractivity contribution in [3.05, 3.63) is 41.9 Å². The zero-order valence-corrected chi connectivity index (χ0v) is 14.5. The minimum Gasteiger partial charge on any atom is -0.454 e. The van der Waals surface area contributed by atoms with Crippen molar-refractivity contribution in [3.8, 4) is 11.5 Å². The lowest BCUT2D eigenvalue weighted by Crippen LogP contribution is -2.36. The predicted octanol–water partition coefficient (Wildman–Crippen LogP) is 2.88. The molecule has 2 heterocycles. The van der Waals surface area contributed by atoms with Gasteiger partial charge in [-0.1, -0.05) is 25.3 Å². The first kappa shape index (κ1) is 16.6. The Labute approximate surface area is 152 Å². The number of carbonyl (C=O) groups excluding carboxylic acids is 1. The lowest BCUT2D eigenvalue weighted by molar-refractivity contribution is 0.0922. The molecule has 0 radical (unpaired) electrons. The second-order valence-electron chi connectivity index (χ2n) is 6.64. The molecule has 26 heavy (non-hydrogen) atoms. The minimum atomic E-state index is -0.134. The van der Waals surface area contributed by atoms with Crippen molar-refractivity contribution in [2.24, 2.45) is 0 Å². The molecule has 4 rings (SSSR count). The molecule has 0 atom stereocenters. The maximum Gasteiger partial charge on any atom is 0.270 e. The Morgan fingerprint density at radius 2 is 1.92 bits per heavy atom. The van der Waals surface area contributed by atoms with E-state index in [1.807, 2.05) is 18.2 Å². The zero-order chi connectivity index (χ0) is 17.8. The van der Waals surface area contributed by atoms with Crippen molar-refractivity contribution in [1.29, 1.82) is 0 Å². The fraction of sp³-hybridized carbons (Fsp3) is 0.421. The second kappa shape index (κ2) is 7.59. The summed E-state index contributed by atoms with van der Waals surface area (Å²) >= 11 is 0. The van der Waals surface area contributed by atoms with Crippen molar-refractivity contribution in [2.75, 3.05) is 12.1 Å². The normalized spacial score (nSPS) is 16.3. The van der Waals surface area contributed by atoms with E-state index in [1.165, 1.54) is 25.6 Å². The van der Waals surface area contributed by atoms with E-state index in [1.54, 1.807) is 6.07 Å². The lowest BCUT2D eigenvalue weighted by Gasteiger charge is -2.22. The van der Waals surface area contributed by atoms with Gasteiger partial charge in [-0.15, -0.1) is 0 Å². The first-order chi connectivity index (χ1) is 12.8. The minimum absolute atomic E-state index is 0.134. The summed E-state index contributed by atoms with van der Waals surface area (Å²) in [7, 11) is 0. The van der Waals surface area contributed by atoms with Crippen LogP contribution in [0, 0.1) is 0 Å². The molecule has 2 aromatic rings. The highest BCUT2D eigenvalue weighted by Gasteiger charge is 2.18. The summed E-state index contributed by atoms with van der Waals surface area (Å²) in [6, 6.07) is 7.75. The van der Waals surface area contributed by atoms with Crippen LogP contribution in [0.1, 0.15) is 48.2 Å². The molecule has 7 nitrogen and oxygen atoms in total. The number of hydrogen-bond acceptors (Lipinski definition) is 6. The third-order valence-corrected chi connectivity index (χ3v) is 4.75. The first-order valence-corrected chi connectivity index (χ1v) is 9.03. The maximum absolute atomic E-state index is 12.4. The fourth-order valence-corrected chi connectivity index (χ4v) is 3.33. The van der Waals surface area contributed by atoms with E-state index in [0.717, 1.165) is 29.9 Å². The first-order valence-electron chi connectivity index (χ1n) is 9.03. The van der Waals surface area contributed by atoms with Crippen LogP contribution in [-0.4, -0.2) is 28.7 Å². The summed E-state index contributed by atoms with van der Waals surface area (Å²) in [6.07, 6.45) is 7.12. The summed E-state index contributed by atoms with van der Waals surface area (Å²) in [5, 5.41) is 6.30. The lowest BCUT2D eigenvalue weighted by atomic mass is 9.95. The molecule has 7 heteroatoms. The number of anilines is 1. The second-order valence-corrected chi connectivity index (χ2v) is 6.64. The van der Waals surface area contributed by atoms with Crippen LogP contribution in [0.25, 0.3) is 0 Å². The highest BCUT2D eigenvalue weighted by Crippen LogP contribution is 2.32. The molecule has 2 N–H and O–H groups in total. The summed E-state index contributed by atoms with van der Waals surface area (Å²) < 4.78 is 10.7. The summed E-state index contributed by atoms with van der Waals surface area (Å²) in [4.78, 5) is 20.7. The standard InChI is InChI=1S/C19H22N4O3/c24-19(23-14-4-2-1-3-5-14)15-9-18(22-11-21-15)20-10-13-6-7-16-17(8-13)26-12-25-16/h6-9,11,14H,1-5,10,12H2,(H,23,24)(H,20,21,22). The number of nitrogens with zero attached hydrogens (tertiary/aromatic N) is 2. The van der Waals surface area contributed by atoms with E-state index < -0.39 is 0 Å². The Bertz CT molecular complexity index is 790. The van der Waals surface area contributed by atoms with Gasteiger partial charge in [-0.2, -0.15) is 0 Å². The van der Waals surface area contributed by atoms with Gasteiger partial charge >= 0.3 is 0 Å². The number of fused-ring (bicyclic) bond motifs is 1. The van der Waals surface area contributed by atoms with Gasteiger partial charge in [0.1, 0.15) is 17.8 Å². The van der Waals surface area contributed by atoms with E-state index in [4.69, 9.17) is 9.47 Å². The van der Waals surface area contributed by atoms with Gasteiger partial charge in [0.2, 0.25) is 6.79 Å². The van der Waals surface area contributed by atoms with Gasteiger partial charge in [-0.3, -0.25) is 4.79 Å². The molecule has 136 valence electrons. The Balaban J connectivity index is 1.37. The van der Waals surface area contributed by atoms with Crippen LogP contribution >= 0.6 is 0 Å². The van der Waals surface area contributed by atoms with Crippen LogP contribution < -0.4 is 20.1 Å². The Hall–Kier alpha value is -2.83. The molecule has 1 saturated carbocycles. The van der Waals surface area contributed by atoms with Crippen LogP contribution in [0.2, 0.25) is 0 Å². The monoisotopic (exact) mass is 354 g/mol. The number of amides is 1. The Kier molecular flexibility index (Phi) is 4.86. The van der Waals surface area contributed by atoms with Gasteiger partial charge in [0.25, 0.3) is 5.91 Å². The molecular weight excluding hydrogens is 332 g/mol. The topological polar surface area (TPSA) is 85.4 Å². The molecule has 1 aromatic heterocycles. The number of hydrogen-bond donors (Lipinski definition) is 2. The van der Waals surface area contributed by atoms with Crippen LogP contribution in [0.15, 0.2) is 30.6 Å². The molecule has 0 spiro atoms. The van der Waals surface area contributed by atoms with Gasteiger partial charge in [-0.05, 0) is 30.5 Å². The summed E-state index contributed by atoms with van der Waals surface area (Å²) in [5.74, 6) is 1.99. The third-order valence-electron chi connectivity index (χ3n) is 4.75. The quantitative estimate of drug-likeness (QED) is 0.859. The molecule has 1 aliphatic carbocycles. The van der Waals surface area contributed by atoms with Crippen LogP contribution in [-0.2, 0) is 6.54 Å². The van der Waals surface area contributed by atoms with Gasteiger partial charge in [-0.25, -0.2) is 9.97 Å². The average Bonchev–Trinajstić information content (AvgIpc) is 3.15. The van der Waals surface area contributed by atoms with E-state index in [9.17, 15) is 4.79 Å². The van der Waals surface area contributed by atoms with Gasteiger partial charge in [0.05, 0.1) is 0 Å². The Morgan fingerprint density at radius 1 is 1.08 bits per heavy atom. The number of benzene rings is 1. The largest absolute Gasteiger partial charge is 0.454 e. The fourth-order valence-electron chi connectivity index (χ4n) is 3.33. The molecule has 1 fully saturated rings. The van der Waals surface area contributed by atoms with E-state index in [0.29, 0.717) is 18.1 Å². The van der Waals surface area contributed by atoms with Gasteiger partial charge in [0.15, 0.2) is 11.5 Å². The SMILES string of the molecule is O=C(NC1CCCCC1)c1cc(NCc2ccc3c(c2)OCO3)ncn1. The van der Waals surface area contributed by atoms with Gasteiger partial charge < -0.3 is 20.1 Å². The number of carbonyl (C=O) groups is 1. The maximum atomic E-state index is 12.4. The zero-order valence-electron chi connectivity index (χ0n) is 14.5. The summed E-state index contributed by atoms with van der Waals surface area (Å²) in [6.45, 7) is 0.828. The van der Waals surface area contributed by atoms with Crippen LogP contribution in [0.5, 0.6) is 11.5 Å². The molecule has 1 amide bonds. The van der Waals surface area contributed by atoms with E-state index in [-0.39, 0.29) is 18.7 Å². The molecule has 0 bridgehead atoms. The van der Waals surface area contributed by atoms with Crippen molar-refractivity contribution < 1.29 is 14.3 Å². The molecular formula is C19H22N4O3. The van der Waals surface area contributed by atoms with E-state index >= 15 is 0 Å². The molecule has 0 unspecified atom stereocenters. The van der Waals surface area contributed by atoms with Gasteiger partial charge in [0, 0.05) is 18.7 Å². The number of aromatic nitrogens is 2. The Morgan fingerprint density at radius 3 is 2.81 bits per heavy atom. The number of ether oxygens (including phenoxy) is 2. The molecule has 1 aromatic carbocycles. The van der Waals surface area contributed by atoms with E-state index in [2.05, 4.69) is 20.6 Å². The van der Waals surface area contributed by atoms with Crippen LogP contribution in [0.4, 0.5) is 5.82 Å². The highest BCUT2D eigenvalue weighted by atomic mass is 16.7. The van der Waals surface area contributed by atoms with Crippen LogP contribution in [0.3, 0.4) is 0 Å². The van der Waals surface area contributed by atoms with Crippen molar-refractivity contribution >= 4 is 11.7 Å². The number of rotatable bonds is 5. The smallest absolute Gasteiger partial charge is 0.270 e. The average molecular weight is 354 g/mol. The number of nitrogens with one attached hydrogen (secondary N) is 2. The third kappa shape index (κ3) is 3.87. The molecule has 1 aliphatic heterocycles. The van der Waals surface area contributed by atoms with Crippen molar-refractivity contribution in [1.82, 2.24) is 15.3 Å². The van der Waals surface area contributed by atoms with Crippen molar-refractivity contribution in [2.45, 2.75) is 44.7 Å². The summed E-state index contributed by atoms with van der Waals surface area (Å²) in [5.41, 5.74) is 1.43. The van der Waals surface area contributed by atoms with Crippen molar-refractivity contribution in [3.63, 3.8) is 0 Å². The molecule has 0 saturated heterocycles. The molecule has 2 aliphatic rings. The highest BCUT2D eigenvalue weighted by molar-refractivity contribution is 5.93.